The smallest absolute Gasteiger partial charge is 0.407 e. The van der Waals surface area contributed by atoms with Gasteiger partial charge < -0.3 is 20.1 Å². The SMILES string of the molecule is COc1c(CNCC(C)NC(=O)OC(C)(C)C)c(C)nn1C. The maximum atomic E-state index is 11.7. The summed E-state index contributed by atoms with van der Waals surface area (Å²) >= 11 is 0. The van der Waals surface area contributed by atoms with E-state index in [9.17, 15) is 4.79 Å². The number of carbonyl (C=O) groups is 1. The fraction of sp³-hybridized carbons (Fsp3) is 0.733. The van der Waals surface area contributed by atoms with Crippen LogP contribution in [-0.4, -0.2) is 41.2 Å². The lowest BCUT2D eigenvalue weighted by molar-refractivity contribution is 0.0508. The lowest BCUT2D eigenvalue weighted by Crippen LogP contribution is -2.42. The molecule has 0 aromatic carbocycles. The predicted molar refractivity (Wildman–Crippen MR) is 85.0 cm³/mol. The molecule has 126 valence electrons. The van der Waals surface area contributed by atoms with E-state index in [1.165, 1.54) is 0 Å². The number of aromatic nitrogens is 2. The third-order valence-electron chi connectivity index (χ3n) is 3.00. The first kappa shape index (κ1) is 18.3. The molecule has 7 heteroatoms. The van der Waals surface area contributed by atoms with Crippen LogP contribution in [0.4, 0.5) is 4.79 Å². The Kier molecular flexibility index (Phi) is 6.22. The van der Waals surface area contributed by atoms with Crippen molar-refractivity contribution in [2.45, 2.75) is 52.8 Å². The molecule has 1 heterocycles. The predicted octanol–water partition coefficient (Wildman–Crippen LogP) is 1.74. The van der Waals surface area contributed by atoms with Gasteiger partial charge in [0.15, 0.2) is 0 Å². The van der Waals surface area contributed by atoms with E-state index in [4.69, 9.17) is 9.47 Å². The van der Waals surface area contributed by atoms with Gasteiger partial charge in [-0.3, -0.25) is 0 Å². The standard InChI is InChI=1S/C15H28N4O3/c1-10(17-14(20)22-15(3,4)5)8-16-9-12-11(2)18-19(6)13(12)21-7/h10,16H,8-9H2,1-7H3,(H,17,20). The first-order valence-electron chi connectivity index (χ1n) is 7.40. The van der Waals surface area contributed by atoms with Crippen LogP contribution in [0.2, 0.25) is 0 Å². The van der Waals surface area contributed by atoms with Crippen LogP contribution in [0, 0.1) is 6.92 Å². The van der Waals surface area contributed by atoms with E-state index in [1.54, 1.807) is 11.8 Å². The van der Waals surface area contributed by atoms with Gasteiger partial charge in [-0.25, -0.2) is 9.48 Å². The fourth-order valence-corrected chi connectivity index (χ4v) is 2.11. The van der Waals surface area contributed by atoms with Crippen LogP contribution in [0.3, 0.4) is 0 Å². The van der Waals surface area contributed by atoms with Crippen LogP contribution in [0.1, 0.15) is 39.0 Å². The Morgan fingerprint density at radius 2 is 2.05 bits per heavy atom. The zero-order chi connectivity index (χ0) is 16.9. The molecule has 1 rings (SSSR count). The van der Waals surface area contributed by atoms with Gasteiger partial charge in [-0.15, -0.1) is 0 Å². The average Bonchev–Trinajstić information content (AvgIpc) is 2.61. The highest BCUT2D eigenvalue weighted by Crippen LogP contribution is 2.20. The van der Waals surface area contributed by atoms with E-state index in [2.05, 4.69) is 15.7 Å². The summed E-state index contributed by atoms with van der Waals surface area (Å²) in [6.45, 7) is 10.6. The van der Waals surface area contributed by atoms with Crippen molar-refractivity contribution < 1.29 is 14.3 Å². The number of carbonyl (C=O) groups excluding carboxylic acids is 1. The van der Waals surface area contributed by atoms with Crippen molar-refractivity contribution >= 4 is 6.09 Å². The Bertz CT molecular complexity index is 506. The normalized spacial score (nSPS) is 12.9. The first-order valence-corrected chi connectivity index (χ1v) is 7.40. The Hall–Kier alpha value is -1.76. The molecule has 1 amide bonds. The van der Waals surface area contributed by atoms with Crippen LogP contribution in [0.5, 0.6) is 5.88 Å². The molecule has 1 atom stereocenters. The van der Waals surface area contributed by atoms with E-state index in [0.717, 1.165) is 17.1 Å². The summed E-state index contributed by atoms with van der Waals surface area (Å²) in [5.74, 6) is 0.748. The summed E-state index contributed by atoms with van der Waals surface area (Å²) < 4.78 is 12.3. The van der Waals surface area contributed by atoms with Gasteiger partial charge in [-0.05, 0) is 34.6 Å². The van der Waals surface area contributed by atoms with Gasteiger partial charge in [-0.2, -0.15) is 5.10 Å². The number of nitrogens with zero attached hydrogens (tertiary/aromatic N) is 2. The molecular formula is C15H28N4O3. The lowest BCUT2D eigenvalue weighted by atomic mass is 10.2. The minimum atomic E-state index is -0.489. The quantitative estimate of drug-likeness (QED) is 0.836. The van der Waals surface area contributed by atoms with Gasteiger partial charge in [0.05, 0.1) is 18.4 Å². The Morgan fingerprint density at radius 1 is 1.41 bits per heavy atom. The maximum absolute atomic E-state index is 11.7. The monoisotopic (exact) mass is 312 g/mol. The van der Waals surface area contributed by atoms with Crippen molar-refractivity contribution in [3.63, 3.8) is 0 Å². The second-order valence-corrected chi connectivity index (χ2v) is 6.38. The molecule has 0 radical (unpaired) electrons. The number of hydrogen-bond donors (Lipinski definition) is 2. The summed E-state index contributed by atoms with van der Waals surface area (Å²) in [5.41, 5.74) is 1.46. The van der Waals surface area contributed by atoms with Crippen LogP contribution in [0.25, 0.3) is 0 Å². The average molecular weight is 312 g/mol. The third-order valence-corrected chi connectivity index (χ3v) is 3.00. The molecule has 0 spiro atoms. The summed E-state index contributed by atoms with van der Waals surface area (Å²) in [6, 6.07) is -0.0437. The van der Waals surface area contributed by atoms with Gasteiger partial charge in [0.1, 0.15) is 5.60 Å². The maximum Gasteiger partial charge on any atom is 0.407 e. The molecule has 0 aliphatic rings. The van der Waals surface area contributed by atoms with Crippen molar-refractivity contribution in [2.75, 3.05) is 13.7 Å². The van der Waals surface area contributed by atoms with E-state index < -0.39 is 11.7 Å². The first-order chi connectivity index (χ1) is 10.1. The molecule has 2 N–H and O–H groups in total. The van der Waals surface area contributed by atoms with Gasteiger partial charge >= 0.3 is 6.09 Å². The second-order valence-electron chi connectivity index (χ2n) is 6.38. The molecule has 0 aliphatic carbocycles. The molecule has 1 unspecified atom stereocenters. The third kappa shape index (κ3) is 5.55. The molecule has 7 nitrogen and oxygen atoms in total. The van der Waals surface area contributed by atoms with E-state index in [-0.39, 0.29) is 6.04 Å². The highest BCUT2D eigenvalue weighted by atomic mass is 16.6. The molecule has 0 saturated carbocycles. The van der Waals surface area contributed by atoms with Crippen molar-refractivity contribution in [3.05, 3.63) is 11.3 Å². The number of amides is 1. The molecular weight excluding hydrogens is 284 g/mol. The fourth-order valence-electron chi connectivity index (χ4n) is 2.11. The zero-order valence-corrected chi connectivity index (χ0v) is 14.6. The van der Waals surface area contributed by atoms with Crippen molar-refractivity contribution in [3.8, 4) is 5.88 Å². The van der Waals surface area contributed by atoms with Gasteiger partial charge in [0.2, 0.25) is 5.88 Å². The lowest BCUT2D eigenvalue weighted by Gasteiger charge is -2.22. The zero-order valence-electron chi connectivity index (χ0n) is 14.6. The molecule has 1 aromatic rings. The van der Waals surface area contributed by atoms with Crippen molar-refractivity contribution in [1.82, 2.24) is 20.4 Å². The highest BCUT2D eigenvalue weighted by Gasteiger charge is 2.18. The molecule has 1 aromatic heterocycles. The molecule has 0 bridgehead atoms. The summed E-state index contributed by atoms with van der Waals surface area (Å²) in [4.78, 5) is 11.7. The van der Waals surface area contributed by atoms with Crippen molar-refractivity contribution in [1.29, 1.82) is 0 Å². The van der Waals surface area contributed by atoms with E-state index in [1.807, 2.05) is 41.7 Å². The van der Waals surface area contributed by atoms with Crippen molar-refractivity contribution in [2.24, 2.45) is 7.05 Å². The Labute approximate surface area is 132 Å². The summed E-state index contributed by atoms with van der Waals surface area (Å²) in [5, 5.41) is 10.4. The number of methoxy groups -OCH3 is 1. The Morgan fingerprint density at radius 3 is 2.59 bits per heavy atom. The summed E-state index contributed by atoms with van der Waals surface area (Å²) in [6.07, 6.45) is -0.406. The number of alkyl carbamates (subject to hydrolysis) is 1. The van der Waals surface area contributed by atoms with Crippen LogP contribution in [-0.2, 0) is 18.3 Å². The molecule has 0 fully saturated rings. The van der Waals surface area contributed by atoms with Crippen LogP contribution >= 0.6 is 0 Å². The van der Waals surface area contributed by atoms with E-state index >= 15 is 0 Å². The van der Waals surface area contributed by atoms with E-state index in [0.29, 0.717) is 13.1 Å². The number of ether oxygens (including phenoxy) is 2. The highest BCUT2D eigenvalue weighted by molar-refractivity contribution is 5.68. The van der Waals surface area contributed by atoms with Gasteiger partial charge in [-0.1, -0.05) is 0 Å². The molecule has 22 heavy (non-hydrogen) atoms. The molecule has 0 saturated heterocycles. The Balaban J connectivity index is 2.43. The number of aryl methyl sites for hydroxylation is 2. The number of hydrogen-bond acceptors (Lipinski definition) is 5. The largest absolute Gasteiger partial charge is 0.481 e. The minimum Gasteiger partial charge on any atom is -0.481 e. The second kappa shape index (κ2) is 7.49. The van der Waals surface area contributed by atoms with Gasteiger partial charge in [0.25, 0.3) is 0 Å². The number of nitrogens with one attached hydrogen (secondary N) is 2. The van der Waals surface area contributed by atoms with Crippen LogP contribution in [0.15, 0.2) is 0 Å². The molecule has 0 aliphatic heterocycles. The minimum absolute atomic E-state index is 0.0437. The summed E-state index contributed by atoms with van der Waals surface area (Å²) in [7, 11) is 3.48. The van der Waals surface area contributed by atoms with Gasteiger partial charge in [0, 0.05) is 26.2 Å². The topological polar surface area (TPSA) is 77.4 Å². The number of rotatable bonds is 6. The van der Waals surface area contributed by atoms with Crippen LogP contribution < -0.4 is 15.4 Å².